The zero-order chi connectivity index (χ0) is 19.8. The van der Waals surface area contributed by atoms with Gasteiger partial charge in [0, 0.05) is 30.2 Å². The van der Waals surface area contributed by atoms with Gasteiger partial charge >= 0.3 is 0 Å². The van der Waals surface area contributed by atoms with Crippen LogP contribution in [0.3, 0.4) is 0 Å². The average Bonchev–Trinajstić information content (AvgIpc) is 2.69. The molecular formula is C20H23N3O4. The summed E-state index contributed by atoms with van der Waals surface area (Å²) in [6, 6.07) is 14.5. The van der Waals surface area contributed by atoms with E-state index < -0.39 is 16.9 Å². The van der Waals surface area contributed by atoms with Crippen LogP contribution in [0.5, 0.6) is 0 Å². The molecule has 142 valence electrons. The molecule has 0 spiro atoms. The van der Waals surface area contributed by atoms with Crippen LogP contribution in [-0.4, -0.2) is 29.3 Å². The van der Waals surface area contributed by atoms with Gasteiger partial charge in [-0.2, -0.15) is 0 Å². The first-order valence-electron chi connectivity index (χ1n) is 8.80. The van der Waals surface area contributed by atoms with E-state index in [0.29, 0.717) is 6.54 Å². The predicted molar refractivity (Wildman–Crippen MR) is 103 cm³/mol. The van der Waals surface area contributed by atoms with Gasteiger partial charge in [0.15, 0.2) is 0 Å². The van der Waals surface area contributed by atoms with E-state index >= 15 is 0 Å². The molecule has 2 atom stereocenters. The monoisotopic (exact) mass is 369 g/mol. The number of nitro groups is 1. The molecule has 2 aromatic rings. The van der Waals surface area contributed by atoms with Gasteiger partial charge in [0.05, 0.1) is 4.92 Å². The molecule has 2 unspecified atom stereocenters. The Hall–Kier alpha value is -3.22. The minimum absolute atomic E-state index is 0.138. The third-order valence-electron chi connectivity index (χ3n) is 4.35. The zero-order valence-electron chi connectivity index (χ0n) is 15.3. The van der Waals surface area contributed by atoms with Crippen LogP contribution in [-0.2, 0) is 4.79 Å². The van der Waals surface area contributed by atoms with Crippen LogP contribution < -0.4 is 10.6 Å². The Kier molecular flexibility index (Phi) is 7.05. The molecule has 0 aromatic heterocycles. The summed E-state index contributed by atoms with van der Waals surface area (Å²) >= 11 is 0. The number of carbonyl (C=O) groups is 2. The van der Waals surface area contributed by atoms with Crippen molar-refractivity contribution in [3.8, 4) is 0 Å². The summed E-state index contributed by atoms with van der Waals surface area (Å²) < 4.78 is 0. The van der Waals surface area contributed by atoms with Gasteiger partial charge in [-0.05, 0) is 25.0 Å². The molecule has 7 nitrogen and oxygen atoms in total. The number of nitrogens with one attached hydrogen (secondary N) is 2. The molecule has 0 saturated carbocycles. The Morgan fingerprint density at radius 2 is 1.81 bits per heavy atom. The molecule has 0 radical (unpaired) electrons. The highest BCUT2D eigenvalue weighted by atomic mass is 16.6. The molecule has 2 aromatic carbocycles. The van der Waals surface area contributed by atoms with E-state index in [1.54, 1.807) is 6.92 Å². The lowest BCUT2D eigenvalue weighted by Crippen LogP contribution is -2.45. The summed E-state index contributed by atoms with van der Waals surface area (Å²) in [5, 5.41) is 16.2. The number of nitro benzene ring substituents is 1. The van der Waals surface area contributed by atoms with E-state index in [1.807, 2.05) is 30.3 Å². The third-order valence-corrected chi connectivity index (χ3v) is 4.35. The highest BCUT2D eigenvalue weighted by molar-refractivity contribution is 5.97. The molecule has 0 aliphatic heterocycles. The first-order valence-corrected chi connectivity index (χ1v) is 8.80. The number of rotatable bonds is 8. The fraction of sp³-hybridized carbons (Fsp3) is 0.300. The minimum atomic E-state index is -0.759. The van der Waals surface area contributed by atoms with Crippen LogP contribution in [0, 0.1) is 10.1 Å². The first-order chi connectivity index (χ1) is 12.9. The van der Waals surface area contributed by atoms with E-state index in [0.717, 1.165) is 12.0 Å². The molecule has 7 heteroatoms. The van der Waals surface area contributed by atoms with Gasteiger partial charge in [-0.3, -0.25) is 19.7 Å². The SMILES string of the molecule is CCC(CNC(=O)C(C)NC(=O)c1cccc([N+](=O)[O-])c1)c1ccccc1. The van der Waals surface area contributed by atoms with E-state index in [2.05, 4.69) is 17.6 Å². The summed E-state index contributed by atoms with van der Waals surface area (Å²) in [5.41, 5.74) is 1.11. The van der Waals surface area contributed by atoms with Crippen LogP contribution in [0.4, 0.5) is 5.69 Å². The van der Waals surface area contributed by atoms with Gasteiger partial charge in [0.1, 0.15) is 6.04 Å². The van der Waals surface area contributed by atoms with Crippen molar-refractivity contribution in [1.29, 1.82) is 0 Å². The molecule has 27 heavy (non-hydrogen) atoms. The van der Waals surface area contributed by atoms with Crippen molar-refractivity contribution < 1.29 is 14.5 Å². The van der Waals surface area contributed by atoms with Crippen molar-refractivity contribution >= 4 is 17.5 Å². The molecular weight excluding hydrogens is 346 g/mol. The molecule has 2 N–H and O–H groups in total. The number of nitrogens with zero attached hydrogens (tertiary/aromatic N) is 1. The maximum absolute atomic E-state index is 12.3. The summed E-state index contributed by atoms with van der Waals surface area (Å²) in [7, 11) is 0. The normalized spacial score (nSPS) is 12.7. The van der Waals surface area contributed by atoms with Crippen molar-refractivity contribution in [2.45, 2.75) is 32.2 Å². The maximum Gasteiger partial charge on any atom is 0.270 e. The number of carbonyl (C=O) groups excluding carboxylic acids is 2. The number of benzene rings is 2. The third kappa shape index (κ3) is 5.64. The Bertz CT molecular complexity index is 808. The van der Waals surface area contributed by atoms with E-state index in [9.17, 15) is 19.7 Å². The maximum atomic E-state index is 12.3. The largest absolute Gasteiger partial charge is 0.354 e. The van der Waals surface area contributed by atoms with Crippen molar-refractivity contribution in [1.82, 2.24) is 10.6 Å². The van der Waals surface area contributed by atoms with E-state index in [-0.39, 0.29) is 23.1 Å². The van der Waals surface area contributed by atoms with Crippen LogP contribution in [0.1, 0.15) is 42.1 Å². The standard InChI is InChI=1S/C20H23N3O4/c1-3-15(16-8-5-4-6-9-16)13-21-19(24)14(2)22-20(25)17-10-7-11-18(12-17)23(26)27/h4-12,14-15H,3,13H2,1-2H3,(H,21,24)(H,22,25). The molecule has 0 heterocycles. The quantitative estimate of drug-likeness (QED) is 0.551. The lowest BCUT2D eigenvalue weighted by Gasteiger charge is -2.19. The number of hydrogen-bond donors (Lipinski definition) is 2. The van der Waals surface area contributed by atoms with Gasteiger partial charge < -0.3 is 10.6 Å². The average molecular weight is 369 g/mol. The smallest absolute Gasteiger partial charge is 0.270 e. The van der Waals surface area contributed by atoms with Crippen LogP contribution in [0.15, 0.2) is 54.6 Å². The topological polar surface area (TPSA) is 101 Å². The van der Waals surface area contributed by atoms with Gasteiger partial charge in [-0.15, -0.1) is 0 Å². The minimum Gasteiger partial charge on any atom is -0.354 e. The van der Waals surface area contributed by atoms with E-state index in [1.165, 1.54) is 24.3 Å². The van der Waals surface area contributed by atoms with Crippen LogP contribution in [0.2, 0.25) is 0 Å². The van der Waals surface area contributed by atoms with Crippen LogP contribution in [0.25, 0.3) is 0 Å². The number of non-ortho nitro benzene ring substituents is 1. The summed E-state index contributed by atoms with van der Waals surface area (Å²) in [6.07, 6.45) is 0.874. The number of amides is 2. The lowest BCUT2D eigenvalue weighted by atomic mass is 9.96. The zero-order valence-corrected chi connectivity index (χ0v) is 15.3. The van der Waals surface area contributed by atoms with E-state index in [4.69, 9.17) is 0 Å². The van der Waals surface area contributed by atoms with Gasteiger partial charge in [0.25, 0.3) is 11.6 Å². The Morgan fingerprint density at radius 3 is 2.44 bits per heavy atom. The molecule has 0 aliphatic carbocycles. The summed E-state index contributed by atoms with van der Waals surface area (Å²) in [6.45, 7) is 4.10. The highest BCUT2D eigenvalue weighted by Gasteiger charge is 2.19. The first kappa shape index (κ1) is 20.1. The Labute approximate surface area is 157 Å². The van der Waals surface area contributed by atoms with Crippen molar-refractivity contribution in [3.63, 3.8) is 0 Å². The second-order valence-electron chi connectivity index (χ2n) is 6.26. The van der Waals surface area contributed by atoms with Crippen molar-refractivity contribution in [3.05, 3.63) is 75.8 Å². The number of hydrogen-bond acceptors (Lipinski definition) is 4. The van der Waals surface area contributed by atoms with Crippen LogP contribution >= 0.6 is 0 Å². The second kappa shape index (κ2) is 9.47. The fourth-order valence-electron chi connectivity index (χ4n) is 2.71. The second-order valence-corrected chi connectivity index (χ2v) is 6.26. The Morgan fingerprint density at radius 1 is 1.11 bits per heavy atom. The molecule has 2 rings (SSSR count). The molecule has 0 aliphatic rings. The molecule has 0 saturated heterocycles. The fourth-order valence-corrected chi connectivity index (χ4v) is 2.71. The van der Waals surface area contributed by atoms with Gasteiger partial charge in [-0.25, -0.2) is 0 Å². The summed E-state index contributed by atoms with van der Waals surface area (Å²) in [4.78, 5) is 34.8. The van der Waals surface area contributed by atoms with Crippen molar-refractivity contribution in [2.75, 3.05) is 6.54 Å². The molecule has 0 bridgehead atoms. The highest BCUT2D eigenvalue weighted by Crippen LogP contribution is 2.18. The predicted octanol–water partition coefficient (Wildman–Crippen LogP) is 3.02. The van der Waals surface area contributed by atoms with Gasteiger partial charge in [0.2, 0.25) is 5.91 Å². The summed E-state index contributed by atoms with van der Waals surface area (Å²) in [5.74, 6) is -0.644. The Balaban J connectivity index is 1.92. The molecule has 2 amide bonds. The lowest BCUT2D eigenvalue weighted by molar-refractivity contribution is -0.384. The van der Waals surface area contributed by atoms with Crippen molar-refractivity contribution in [2.24, 2.45) is 0 Å². The molecule has 0 fully saturated rings. The van der Waals surface area contributed by atoms with Gasteiger partial charge in [-0.1, -0.05) is 43.3 Å².